The smallest absolute Gasteiger partial charge is 0.259 e. The summed E-state index contributed by atoms with van der Waals surface area (Å²) in [5.41, 5.74) is 6.76. The summed E-state index contributed by atoms with van der Waals surface area (Å²) >= 11 is 3.07. The zero-order chi connectivity index (χ0) is 15.5. The Morgan fingerprint density at radius 2 is 2.00 bits per heavy atom. The predicted molar refractivity (Wildman–Crippen MR) is 92.9 cm³/mol. The molecule has 0 saturated carbocycles. The minimum absolute atomic E-state index is 0.379. The van der Waals surface area contributed by atoms with E-state index in [1.165, 1.54) is 16.9 Å². The summed E-state index contributed by atoms with van der Waals surface area (Å²) in [6, 6.07) is 16.0. The third-order valence-electron chi connectivity index (χ3n) is 3.30. The monoisotopic (exact) mass is 329 g/mol. The van der Waals surface area contributed by atoms with Gasteiger partial charge in [-0.25, -0.2) is 0 Å². The second-order valence-corrected chi connectivity index (χ2v) is 6.80. The molecule has 0 aliphatic rings. The first-order valence-electron chi connectivity index (χ1n) is 6.76. The van der Waals surface area contributed by atoms with E-state index < -0.39 is 0 Å². The van der Waals surface area contributed by atoms with E-state index in [0.717, 1.165) is 26.5 Å². The van der Waals surface area contributed by atoms with E-state index in [1.54, 1.807) is 18.9 Å². The summed E-state index contributed by atoms with van der Waals surface area (Å²) in [6.45, 7) is 0. The molecule has 1 heterocycles. The Bertz CT molecular complexity index is 812. The molecule has 0 radical (unpaired) electrons. The number of hydrogen-bond acceptors (Lipinski definition) is 4. The summed E-state index contributed by atoms with van der Waals surface area (Å²) in [5, 5.41) is 1.03. The number of hydrogen-bond donors (Lipinski definition) is 1. The summed E-state index contributed by atoms with van der Waals surface area (Å²) in [5.74, 6) is 1.20. The molecule has 2 aromatic carbocycles. The van der Waals surface area contributed by atoms with Gasteiger partial charge in [0.1, 0.15) is 10.6 Å². The Hall–Kier alpha value is -1.98. The van der Waals surface area contributed by atoms with Crippen LogP contribution < -0.4 is 10.5 Å². The summed E-state index contributed by atoms with van der Waals surface area (Å²) < 4.78 is 6.34. The fourth-order valence-electron chi connectivity index (χ4n) is 2.22. The van der Waals surface area contributed by atoms with E-state index in [1.807, 2.05) is 36.4 Å². The lowest BCUT2D eigenvalue weighted by atomic mass is 10.2. The van der Waals surface area contributed by atoms with Crippen LogP contribution in [0.3, 0.4) is 0 Å². The SMILES string of the molecule is COc1ccc2sc(C(N)=O)c(SCc3ccccc3)c2c1. The van der Waals surface area contributed by atoms with Gasteiger partial charge in [-0.2, -0.15) is 0 Å². The maximum absolute atomic E-state index is 11.7. The molecule has 0 spiro atoms. The van der Waals surface area contributed by atoms with Gasteiger partial charge >= 0.3 is 0 Å². The number of carbonyl (C=O) groups is 1. The molecular formula is C17H15NO2S2. The lowest BCUT2D eigenvalue weighted by Gasteiger charge is -2.04. The molecule has 5 heteroatoms. The van der Waals surface area contributed by atoms with Crippen molar-refractivity contribution in [2.75, 3.05) is 7.11 Å². The highest BCUT2D eigenvalue weighted by atomic mass is 32.2. The first-order valence-corrected chi connectivity index (χ1v) is 8.56. The van der Waals surface area contributed by atoms with Crippen molar-refractivity contribution in [1.82, 2.24) is 0 Å². The van der Waals surface area contributed by atoms with Crippen LogP contribution in [0, 0.1) is 0 Å². The number of primary amides is 1. The number of benzene rings is 2. The number of rotatable bonds is 5. The van der Waals surface area contributed by atoms with Crippen LogP contribution in [0.4, 0.5) is 0 Å². The van der Waals surface area contributed by atoms with Crippen molar-refractivity contribution in [2.45, 2.75) is 10.6 Å². The van der Waals surface area contributed by atoms with Crippen LogP contribution in [-0.4, -0.2) is 13.0 Å². The van der Waals surface area contributed by atoms with Crippen LogP contribution in [0.25, 0.3) is 10.1 Å². The van der Waals surface area contributed by atoms with Crippen LogP contribution >= 0.6 is 23.1 Å². The number of amides is 1. The third kappa shape index (κ3) is 2.96. The average Bonchev–Trinajstić information content (AvgIpc) is 2.91. The molecule has 0 aliphatic heterocycles. The zero-order valence-electron chi connectivity index (χ0n) is 12.0. The van der Waals surface area contributed by atoms with Crippen molar-refractivity contribution in [3.05, 3.63) is 59.0 Å². The van der Waals surface area contributed by atoms with Crippen molar-refractivity contribution in [3.63, 3.8) is 0 Å². The van der Waals surface area contributed by atoms with Crippen LogP contribution in [0.15, 0.2) is 53.4 Å². The summed E-state index contributed by atoms with van der Waals surface area (Å²) in [7, 11) is 1.64. The molecule has 3 rings (SSSR count). The third-order valence-corrected chi connectivity index (χ3v) is 5.80. The van der Waals surface area contributed by atoms with Gasteiger partial charge in [-0.05, 0) is 23.8 Å². The van der Waals surface area contributed by atoms with Crippen LogP contribution in [0.5, 0.6) is 5.75 Å². The van der Waals surface area contributed by atoms with E-state index in [-0.39, 0.29) is 5.91 Å². The van der Waals surface area contributed by atoms with Crippen molar-refractivity contribution >= 4 is 39.1 Å². The van der Waals surface area contributed by atoms with E-state index in [0.29, 0.717) is 4.88 Å². The van der Waals surface area contributed by atoms with Gasteiger partial charge in [-0.3, -0.25) is 4.79 Å². The Labute approximate surface area is 137 Å². The number of nitrogens with two attached hydrogens (primary N) is 1. The van der Waals surface area contributed by atoms with Crippen molar-refractivity contribution in [3.8, 4) is 5.75 Å². The lowest BCUT2D eigenvalue weighted by Crippen LogP contribution is -2.09. The highest BCUT2D eigenvalue weighted by Crippen LogP contribution is 2.40. The Morgan fingerprint density at radius 1 is 1.23 bits per heavy atom. The van der Waals surface area contributed by atoms with Gasteiger partial charge < -0.3 is 10.5 Å². The number of ether oxygens (including phenoxy) is 1. The first-order chi connectivity index (χ1) is 10.7. The highest BCUT2D eigenvalue weighted by molar-refractivity contribution is 7.99. The summed E-state index contributed by atoms with van der Waals surface area (Å²) in [4.78, 5) is 13.3. The fourth-order valence-corrected chi connectivity index (χ4v) is 4.57. The average molecular weight is 329 g/mol. The number of methoxy groups -OCH3 is 1. The molecule has 0 saturated heterocycles. The van der Waals surface area contributed by atoms with Gasteiger partial charge in [0, 0.05) is 20.7 Å². The molecule has 1 amide bonds. The molecule has 0 aliphatic carbocycles. The largest absolute Gasteiger partial charge is 0.497 e. The minimum atomic E-state index is -0.379. The van der Waals surface area contributed by atoms with Gasteiger partial charge in [0.25, 0.3) is 5.91 Å². The molecule has 0 unspecified atom stereocenters. The molecule has 2 N–H and O–H groups in total. The quantitative estimate of drug-likeness (QED) is 0.710. The maximum atomic E-state index is 11.7. The molecule has 3 nitrogen and oxygen atoms in total. The number of thiophene rings is 1. The number of thioether (sulfide) groups is 1. The van der Waals surface area contributed by atoms with E-state index in [9.17, 15) is 4.79 Å². The van der Waals surface area contributed by atoms with E-state index in [4.69, 9.17) is 10.5 Å². The Morgan fingerprint density at radius 3 is 2.68 bits per heavy atom. The minimum Gasteiger partial charge on any atom is -0.497 e. The molecule has 112 valence electrons. The van der Waals surface area contributed by atoms with Gasteiger partial charge in [-0.1, -0.05) is 30.3 Å². The number of fused-ring (bicyclic) bond motifs is 1. The lowest BCUT2D eigenvalue weighted by molar-refractivity contribution is 0.100. The topological polar surface area (TPSA) is 52.3 Å². The second-order valence-electron chi connectivity index (χ2n) is 4.76. The Kier molecular flexibility index (Phi) is 4.36. The van der Waals surface area contributed by atoms with Crippen LogP contribution in [-0.2, 0) is 5.75 Å². The summed E-state index contributed by atoms with van der Waals surface area (Å²) in [6.07, 6.45) is 0. The second kappa shape index (κ2) is 6.42. The maximum Gasteiger partial charge on any atom is 0.259 e. The van der Waals surface area contributed by atoms with Gasteiger partial charge in [0.2, 0.25) is 0 Å². The molecule has 0 bridgehead atoms. The molecule has 1 aromatic heterocycles. The molecular weight excluding hydrogens is 314 g/mol. The van der Waals surface area contributed by atoms with Crippen LogP contribution in [0.2, 0.25) is 0 Å². The van der Waals surface area contributed by atoms with E-state index >= 15 is 0 Å². The van der Waals surface area contributed by atoms with Gasteiger partial charge in [-0.15, -0.1) is 23.1 Å². The molecule has 0 atom stereocenters. The molecule has 22 heavy (non-hydrogen) atoms. The Balaban J connectivity index is 2.01. The first kappa shape index (κ1) is 14.9. The number of carbonyl (C=O) groups excluding carboxylic acids is 1. The van der Waals surface area contributed by atoms with Crippen molar-refractivity contribution in [1.29, 1.82) is 0 Å². The standard InChI is InChI=1S/C17H15NO2S2/c1-20-12-7-8-14-13(9-12)15(16(22-14)17(18)19)21-10-11-5-3-2-4-6-11/h2-9H,10H2,1H3,(H2,18,19). The highest BCUT2D eigenvalue weighted by Gasteiger charge is 2.17. The molecule has 0 fully saturated rings. The van der Waals surface area contributed by atoms with Crippen molar-refractivity contribution in [2.24, 2.45) is 5.73 Å². The van der Waals surface area contributed by atoms with Gasteiger partial charge in [0.05, 0.1) is 7.11 Å². The van der Waals surface area contributed by atoms with Gasteiger partial charge in [0.15, 0.2) is 0 Å². The fraction of sp³-hybridized carbons (Fsp3) is 0.118. The zero-order valence-corrected chi connectivity index (χ0v) is 13.7. The normalized spacial score (nSPS) is 10.8. The van der Waals surface area contributed by atoms with E-state index in [2.05, 4.69) is 12.1 Å². The predicted octanol–water partition coefficient (Wildman–Crippen LogP) is 4.30. The van der Waals surface area contributed by atoms with Crippen LogP contribution in [0.1, 0.15) is 15.2 Å². The molecule has 3 aromatic rings. The van der Waals surface area contributed by atoms with Crippen molar-refractivity contribution < 1.29 is 9.53 Å².